The molecule has 3 N–H and O–H groups in total. The fraction of sp³-hybridized carbons (Fsp3) is 0.429. The van der Waals surface area contributed by atoms with Crippen LogP contribution in [-0.4, -0.2) is 46.9 Å². The van der Waals surface area contributed by atoms with Crippen molar-refractivity contribution in [1.82, 2.24) is 5.32 Å². The maximum Gasteiger partial charge on any atom is 0.326 e. The molecule has 0 spiro atoms. The number of aliphatic hydroxyl groups is 1. The molecule has 0 aromatic heterocycles. The fourth-order valence-corrected chi connectivity index (χ4v) is 2.05. The Hall–Kier alpha value is -2.28. The van der Waals surface area contributed by atoms with Crippen LogP contribution in [0.1, 0.15) is 13.3 Å². The summed E-state index contributed by atoms with van der Waals surface area (Å²) in [4.78, 5) is 23.1. The molecule has 21 heavy (non-hydrogen) atoms. The number of fused-ring (bicyclic) bond motifs is 1. The van der Waals surface area contributed by atoms with Crippen LogP contribution < -0.4 is 14.8 Å². The van der Waals surface area contributed by atoms with Gasteiger partial charge in [0.1, 0.15) is 12.1 Å². The number of carboxylic acids is 1. The van der Waals surface area contributed by atoms with Crippen LogP contribution in [0.15, 0.2) is 24.3 Å². The molecule has 0 aliphatic carbocycles. The number of para-hydroxylation sites is 2. The van der Waals surface area contributed by atoms with E-state index >= 15 is 0 Å². The minimum absolute atomic E-state index is 0.0698. The van der Waals surface area contributed by atoms with Crippen molar-refractivity contribution in [2.75, 3.05) is 6.61 Å². The van der Waals surface area contributed by atoms with Gasteiger partial charge in [0.05, 0.1) is 0 Å². The predicted molar refractivity (Wildman–Crippen MR) is 72.2 cm³/mol. The lowest BCUT2D eigenvalue weighted by Crippen LogP contribution is -2.53. The first kappa shape index (κ1) is 15.1. The standard InChI is InChI=1S/C14H17NO6/c1-8-12(13(17)15-9(6-7-16)14(18)19)21-11-5-3-2-4-10(11)20-8/h2-5,8-9,12,16H,6-7H2,1H3,(H,15,17)(H,18,19). The molecule has 7 nitrogen and oxygen atoms in total. The van der Waals surface area contributed by atoms with E-state index in [4.69, 9.17) is 19.7 Å². The number of hydrogen-bond donors (Lipinski definition) is 3. The number of benzene rings is 1. The van der Waals surface area contributed by atoms with Crippen molar-refractivity contribution in [3.05, 3.63) is 24.3 Å². The fourth-order valence-electron chi connectivity index (χ4n) is 2.05. The highest BCUT2D eigenvalue weighted by Crippen LogP contribution is 2.33. The van der Waals surface area contributed by atoms with Crippen LogP contribution in [0.25, 0.3) is 0 Å². The van der Waals surface area contributed by atoms with Gasteiger partial charge in [-0.25, -0.2) is 4.79 Å². The molecule has 7 heteroatoms. The molecular formula is C14H17NO6. The molecule has 1 aliphatic heterocycles. The molecule has 1 aromatic rings. The lowest BCUT2D eigenvalue weighted by molar-refractivity contribution is -0.145. The number of ether oxygens (including phenoxy) is 2. The molecule has 1 aliphatic rings. The average molecular weight is 295 g/mol. The summed E-state index contributed by atoms with van der Waals surface area (Å²) in [5.74, 6) is -0.816. The highest BCUT2D eigenvalue weighted by molar-refractivity contribution is 5.87. The first-order valence-electron chi connectivity index (χ1n) is 6.59. The number of carboxylic acid groups (broad SMARTS) is 1. The molecule has 3 unspecified atom stereocenters. The molecule has 2 rings (SSSR count). The smallest absolute Gasteiger partial charge is 0.326 e. The van der Waals surface area contributed by atoms with Crippen LogP contribution in [0.5, 0.6) is 11.5 Å². The molecule has 1 amide bonds. The quantitative estimate of drug-likeness (QED) is 0.715. The second-order valence-corrected chi connectivity index (χ2v) is 4.72. The molecule has 0 bridgehead atoms. The zero-order valence-corrected chi connectivity index (χ0v) is 11.5. The third-order valence-corrected chi connectivity index (χ3v) is 3.13. The van der Waals surface area contributed by atoms with Gasteiger partial charge in [0.25, 0.3) is 5.91 Å². The van der Waals surface area contributed by atoms with Crippen LogP contribution in [0.2, 0.25) is 0 Å². The highest BCUT2D eigenvalue weighted by atomic mass is 16.6. The van der Waals surface area contributed by atoms with Crippen molar-refractivity contribution in [2.24, 2.45) is 0 Å². The zero-order chi connectivity index (χ0) is 15.4. The second kappa shape index (κ2) is 6.45. The van der Waals surface area contributed by atoms with Gasteiger partial charge in [-0.05, 0) is 19.1 Å². The zero-order valence-electron chi connectivity index (χ0n) is 11.5. The Morgan fingerprint density at radius 2 is 1.90 bits per heavy atom. The molecule has 0 saturated heterocycles. The normalized spacial score (nSPS) is 21.4. The van der Waals surface area contributed by atoms with Gasteiger partial charge < -0.3 is 25.0 Å². The van der Waals surface area contributed by atoms with Crippen molar-refractivity contribution in [3.63, 3.8) is 0 Å². The van der Waals surface area contributed by atoms with Crippen LogP contribution in [0.4, 0.5) is 0 Å². The summed E-state index contributed by atoms with van der Waals surface area (Å²) in [5.41, 5.74) is 0. The number of hydrogen-bond acceptors (Lipinski definition) is 5. The molecule has 1 aromatic carbocycles. The molecule has 0 radical (unpaired) electrons. The van der Waals surface area contributed by atoms with E-state index in [0.29, 0.717) is 11.5 Å². The maximum atomic E-state index is 12.1. The van der Waals surface area contributed by atoms with E-state index in [-0.39, 0.29) is 13.0 Å². The third-order valence-electron chi connectivity index (χ3n) is 3.13. The number of carbonyl (C=O) groups is 2. The number of rotatable bonds is 5. The van der Waals surface area contributed by atoms with Crippen LogP contribution in [0.3, 0.4) is 0 Å². The summed E-state index contributed by atoms with van der Waals surface area (Å²) in [5, 5.41) is 20.1. The van der Waals surface area contributed by atoms with E-state index in [1.807, 2.05) is 0 Å². The monoisotopic (exact) mass is 295 g/mol. The van der Waals surface area contributed by atoms with Gasteiger partial charge in [0.2, 0.25) is 6.10 Å². The lowest BCUT2D eigenvalue weighted by atomic mass is 10.1. The van der Waals surface area contributed by atoms with Gasteiger partial charge in [-0.1, -0.05) is 12.1 Å². The van der Waals surface area contributed by atoms with Gasteiger partial charge in [0, 0.05) is 13.0 Å². The van der Waals surface area contributed by atoms with Gasteiger partial charge in [-0.2, -0.15) is 0 Å². The number of carbonyl (C=O) groups excluding carboxylic acids is 1. The predicted octanol–water partition coefficient (Wildman–Crippen LogP) is 0.167. The second-order valence-electron chi connectivity index (χ2n) is 4.72. The Labute approximate surface area is 121 Å². The maximum absolute atomic E-state index is 12.1. The van der Waals surface area contributed by atoms with E-state index < -0.39 is 30.1 Å². The minimum atomic E-state index is -1.21. The summed E-state index contributed by atoms with van der Waals surface area (Å²) < 4.78 is 11.2. The van der Waals surface area contributed by atoms with E-state index in [1.54, 1.807) is 31.2 Å². The molecular weight excluding hydrogens is 278 g/mol. The van der Waals surface area contributed by atoms with Crippen molar-refractivity contribution in [3.8, 4) is 11.5 Å². The Morgan fingerprint density at radius 3 is 2.48 bits per heavy atom. The highest BCUT2D eigenvalue weighted by Gasteiger charge is 2.35. The van der Waals surface area contributed by atoms with Crippen LogP contribution in [-0.2, 0) is 9.59 Å². The number of aliphatic carboxylic acids is 1. The van der Waals surface area contributed by atoms with Gasteiger partial charge in [-0.15, -0.1) is 0 Å². The van der Waals surface area contributed by atoms with Crippen molar-refractivity contribution >= 4 is 11.9 Å². The van der Waals surface area contributed by atoms with Crippen LogP contribution >= 0.6 is 0 Å². The third kappa shape index (κ3) is 3.43. The topological polar surface area (TPSA) is 105 Å². The first-order valence-corrected chi connectivity index (χ1v) is 6.59. The molecule has 3 atom stereocenters. The Balaban J connectivity index is 2.07. The molecule has 1 heterocycles. The minimum Gasteiger partial charge on any atom is -0.482 e. The Bertz CT molecular complexity index is 532. The molecule has 0 saturated carbocycles. The largest absolute Gasteiger partial charge is 0.482 e. The summed E-state index contributed by atoms with van der Waals surface area (Å²) in [6.07, 6.45) is -1.57. The van der Waals surface area contributed by atoms with Crippen molar-refractivity contribution in [1.29, 1.82) is 0 Å². The van der Waals surface area contributed by atoms with E-state index in [2.05, 4.69) is 5.32 Å². The van der Waals surface area contributed by atoms with Gasteiger partial charge >= 0.3 is 5.97 Å². The molecule has 114 valence electrons. The van der Waals surface area contributed by atoms with E-state index in [0.717, 1.165) is 0 Å². The van der Waals surface area contributed by atoms with Gasteiger partial charge in [0.15, 0.2) is 11.5 Å². The van der Waals surface area contributed by atoms with E-state index in [1.165, 1.54) is 0 Å². The molecule has 0 fully saturated rings. The summed E-state index contributed by atoms with van der Waals surface area (Å²) in [6.45, 7) is 1.33. The number of nitrogens with one attached hydrogen (secondary N) is 1. The lowest BCUT2D eigenvalue weighted by Gasteiger charge is -2.31. The SMILES string of the molecule is CC1Oc2ccccc2OC1C(=O)NC(CCO)C(=O)O. The summed E-state index contributed by atoms with van der Waals surface area (Å²) >= 11 is 0. The Kier molecular flexibility index (Phi) is 4.64. The number of amides is 1. The van der Waals surface area contributed by atoms with E-state index in [9.17, 15) is 9.59 Å². The number of aliphatic hydroxyl groups excluding tert-OH is 1. The average Bonchev–Trinajstić information content (AvgIpc) is 2.45. The summed E-state index contributed by atoms with van der Waals surface area (Å²) in [7, 11) is 0. The first-order chi connectivity index (χ1) is 10.0. The van der Waals surface area contributed by atoms with Gasteiger partial charge in [-0.3, -0.25) is 4.79 Å². The summed E-state index contributed by atoms with van der Waals surface area (Å²) in [6, 6.07) is 5.78. The van der Waals surface area contributed by atoms with Crippen molar-refractivity contribution in [2.45, 2.75) is 31.6 Å². The van der Waals surface area contributed by atoms with Crippen molar-refractivity contribution < 1.29 is 29.3 Å². The van der Waals surface area contributed by atoms with Crippen LogP contribution in [0, 0.1) is 0 Å². The Morgan fingerprint density at radius 1 is 1.29 bits per heavy atom.